The highest BCUT2D eigenvalue weighted by molar-refractivity contribution is 7.99. The fraction of sp³-hybridized carbons (Fsp3) is 0.280. The number of rotatable bonds is 7. The van der Waals surface area contributed by atoms with Gasteiger partial charge in [0.15, 0.2) is 0 Å². The summed E-state index contributed by atoms with van der Waals surface area (Å²) in [5, 5.41) is 14.4. The first-order chi connectivity index (χ1) is 16.0. The van der Waals surface area contributed by atoms with Gasteiger partial charge in [-0.3, -0.25) is 24.8 Å². The van der Waals surface area contributed by atoms with Crippen molar-refractivity contribution < 1.29 is 9.72 Å². The number of nitrogens with one attached hydrogen (secondary N) is 1. The van der Waals surface area contributed by atoms with Gasteiger partial charge in [-0.05, 0) is 24.1 Å². The molecule has 1 amide bonds. The maximum Gasteiger partial charge on any atom is 0.270 e. The van der Waals surface area contributed by atoms with E-state index in [0.717, 1.165) is 42.4 Å². The Morgan fingerprint density at radius 2 is 1.82 bits per heavy atom. The van der Waals surface area contributed by atoms with E-state index in [9.17, 15) is 14.9 Å². The minimum Gasteiger partial charge on any atom is -0.351 e. The average Bonchev–Trinajstić information content (AvgIpc) is 2.84. The third kappa shape index (κ3) is 5.58. The Morgan fingerprint density at radius 1 is 1.09 bits per heavy atom. The van der Waals surface area contributed by atoms with Crippen molar-refractivity contribution >= 4 is 23.4 Å². The van der Waals surface area contributed by atoms with E-state index in [2.05, 4.69) is 10.2 Å². The van der Waals surface area contributed by atoms with Crippen LogP contribution in [0.15, 0.2) is 60.7 Å². The molecule has 1 aliphatic rings. The molecular formula is C25H26N4O3S. The number of pyridine rings is 1. The molecule has 3 aromatic rings. The van der Waals surface area contributed by atoms with Crippen molar-refractivity contribution in [3.05, 3.63) is 82.0 Å². The number of nitro benzene ring substituents is 1. The fourth-order valence-corrected chi connectivity index (χ4v) is 4.95. The molecule has 0 radical (unpaired) electrons. The van der Waals surface area contributed by atoms with Gasteiger partial charge in [0.1, 0.15) is 0 Å². The molecule has 0 saturated carbocycles. The van der Waals surface area contributed by atoms with Crippen molar-refractivity contribution in [2.45, 2.75) is 6.92 Å². The summed E-state index contributed by atoms with van der Waals surface area (Å²) in [5.41, 5.74) is 3.91. The van der Waals surface area contributed by atoms with Crippen LogP contribution in [0.4, 0.5) is 5.69 Å². The first kappa shape index (κ1) is 22.9. The Morgan fingerprint density at radius 3 is 2.55 bits per heavy atom. The van der Waals surface area contributed by atoms with E-state index in [1.165, 1.54) is 12.1 Å². The number of nitrogens with zero attached hydrogens (tertiary/aromatic N) is 3. The van der Waals surface area contributed by atoms with E-state index in [1.807, 2.05) is 55.1 Å². The topological polar surface area (TPSA) is 88.4 Å². The summed E-state index contributed by atoms with van der Waals surface area (Å²) < 4.78 is 0. The maximum atomic E-state index is 13.3. The molecule has 0 aliphatic carbocycles. The van der Waals surface area contributed by atoms with Gasteiger partial charge in [-0.25, -0.2) is 0 Å². The molecule has 1 aliphatic heterocycles. The van der Waals surface area contributed by atoms with E-state index in [-0.39, 0.29) is 11.6 Å². The van der Waals surface area contributed by atoms with E-state index < -0.39 is 4.92 Å². The summed E-state index contributed by atoms with van der Waals surface area (Å²) in [7, 11) is 0. The Hall–Kier alpha value is -3.23. The summed E-state index contributed by atoms with van der Waals surface area (Å²) in [5.74, 6) is 2.02. The molecule has 33 heavy (non-hydrogen) atoms. The van der Waals surface area contributed by atoms with Crippen LogP contribution in [0.3, 0.4) is 0 Å². The standard InChI is InChI=1S/C25H26N4O3S/c1-18-24(25(30)26-10-11-28-12-14-33-15-13-28)22(20-8-5-9-21(16-20)29(31)32)17-23(27-18)19-6-3-2-4-7-19/h2-9,16-17H,10-15H2,1H3,(H,26,30). The van der Waals surface area contributed by atoms with Crippen LogP contribution in [-0.4, -0.2) is 58.4 Å². The van der Waals surface area contributed by atoms with Gasteiger partial charge in [0, 0.05) is 55.4 Å². The molecule has 0 spiro atoms. The number of hydrogen-bond donors (Lipinski definition) is 1. The van der Waals surface area contributed by atoms with Gasteiger partial charge in [-0.2, -0.15) is 11.8 Å². The molecule has 1 saturated heterocycles. The summed E-state index contributed by atoms with van der Waals surface area (Å²) in [6, 6.07) is 17.9. The minimum absolute atomic E-state index is 0.0162. The highest BCUT2D eigenvalue weighted by Gasteiger charge is 2.21. The van der Waals surface area contributed by atoms with Crippen LogP contribution in [0.1, 0.15) is 16.1 Å². The van der Waals surface area contributed by atoms with Gasteiger partial charge in [-0.15, -0.1) is 0 Å². The normalized spacial score (nSPS) is 14.1. The van der Waals surface area contributed by atoms with Gasteiger partial charge >= 0.3 is 0 Å². The van der Waals surface area contributed by atoms with Crippen LogP contribution < -0.4 is 5.32 Å². The molecule has 0 bridgehead atoms. The zero-order valence-electron chi connectivity index (χ0n) is 18.5. The quantitative estimate of drug-likeness (QED) is 0.413. The van der Waals surface area contributed by atoms with Crippen molar-refractivity contribution in [2.24, 2.45) is 0 Å². The number of thioether (sulfide) groups is 1. The number of nitro groups is 1. The zero-order valence-corrected chi connectivity index (χ0v) is 19.3. The lowest BCUT2D eigenvalue weighted by atomic mass is 9.95. The lowest BCUT2D eigenvalue weighted by molar-refractivity contribution is -0.384. The summed E-state index contributed by atoms with van der Waals surface area (Å²) in [4.78, 5) is 31.2. The van der Waals surface area contributed by atoms with Crippen LogP contribution in [0, 0.1) is 17.0 Å². The van der Waals surface area contributed by atoms with Crippen molar-refractivity contribution in [1.82, 2.24) is 15.2 Å². The monoisotopic (exact) mass is 462 g/mol. The average molecular weight is 463 g/mol. The highest BCUT2D eigenvalue weighted by Crippen LogP contribution is 2.32. The molecule has 1 aromatic heterocycles. The second-order valence-corrected chi connectivity index (χ2v) is 9.12. The summed E-state index contributed by atoms with van der Waals surface area (Å²) >= 11 is 1.95. The lowest BCUT2D eigenvalue weighted by Crippen LogP contribution is -2.39. The van der Waals surface area contributed by atoms with Crippen LogP contribution >= 0.6 is 11.8 Å². The number of hydrogen-bond acceptors (Lipinski definition) is 6. The van der Waals surface area contributed by atoms with Crippen molar-refractivity contribution in [2.75, 3.05) is 37.7 Å². The molecule has 1 N–H and O–H groups in total. The second-order valence-electron chi connectivity index (χ2n) is 7.90. The molecule has 8 heteroatoms. The van der Waals surface area contributed by atoms with Gasteiger partial charge < -0.3 is 5.32 Å². The predicted octanol–water partition coefficient (Wildman–Crippen LogP) is 4.41. The second kappa shape index (κ2) is 10.6. The predicted molar refractivity (Wildman–Crippen MR) is 133 cm³/mol. The molecule has 2 aromatic carbocycles. The van der Waals surface area contributed by atoms with E-state index in [1.54, 1.807) is 12.1 Å². The summed E-state index contributed by atoms with van der Waals surface area (Å²) in [6.07, 6.45) is 0. The van der Waals surface area contributed by atoms with Crippen LogP contribution in [0.5, 0.6) is 0 Å². The Balaban J connectivity index is 1.68. The van der Waals surface area contributed by atoms with Gasteiger partial charge in [0.2, 0.25) is 0 Å². The van der Waals surface area contributed by atoms with E-state index in [0.29, 0.717) is 28.9 Å². The molecule has 0 atom stereocenters. The zero-order chi connectivity index (χ0) is 23.2. The van der Waals surface area contributed by atoms with Crippen LogP contribution in [0.2, 0.25) is 0 Å². The molecule has 2 heterocycles. The number of carbonyl (C=O) groups excluding carboxylic acids is 1. The van der Waals surface area contributed by atoms with E-state index >= 15 is 0 Å². The van der Waals surface area contributed by atoms with Crippen molar-refractivity contribution in [1.29, 1.82) is 0 Å². The fourth-order valence-electron chi connectivity index (χ4n) is 3.97. The Bertz CT molecular complexity index is 1150. The number of amides is 1. The smallest absolute Gasteiger partial charge is 0.270 e. The SMILES string of the molecule is Cc1nc(-c2ccccc2)cc(-c2cccc([N+](=O)[O-])c2)c1C(=O)NCCN1CCSCC1. The van der Waals surface area contributed by atoms with Crippen molar-refractivity contribution in [3.63, 3.8) is 0 Å². The van der Waals surface area contributed by atoms with E-state index in [4.69, 9.17) is 4.98 Å². The number of carbonyl (C=O) groups is 1. The summed E-state index contributed by atoms with van der Waals surface area (Å²) in [6.45, 7) is 5.21. The van der Waals surface area contributed by atoms with Gasteiger partial charge in [0.25, 0.3) is 11.6 Å². The van der Waals surface area contributed by atoms with Gasteiger partial charge in [-0.1, -0.05) is 42.5 Å². The molecule has 170 valence electrons. The number of aromatic nitrogens is 1. The van der Waals surface area contributed by atoms with Crippen molar-refractivity contribution in [3.8, 4) is 22.4 Å². The Kier molecular flexibility index (Phi) is 7.36. The third-order valence-corrected chi connectivity index (χ3v) is 6.62. The van der Waals surface area contributed by atoms with Crippen LogP contribution in [-0.2, 0) is 0 Å². The largest absolute Gasteiger partial charge is 0.351 e. The Labute approximate surface area is 197 Å². The minimum atomic E-state index is -0.424. The van der Waals surface area contributed by atoms with Gasteiger partial charge in [0.05, 0.1) is 21.9 Å². The number of benzene rings is 2. The molecular weight excluding hydrogens is 436 g/mol. The van der Waals surface area contributed by atoms with Crippen LogP contribution in [0.25, 0.3) is 22.4 Å². The number of aryl methyl sites for hydroxylation is 1. The maximum absolute atomic E-state index is 13.3. The number of non-ortho nitro benzene ring substituents is 1. The third-order valence-electron chi connectivity index (χ3n) is 5.68. The lowest BCUT2D eigenvalue weighted by Gasteiger charge is -2.26. The first-order valence-electron chi connectivity index (χ1n) is 10.9. The first-order valence-corrected chi connectivity index (χ1v) is 12.1. The molecule has 1 fully saturated rings. The molecule has 4 rings (SSSR count). The molecule has 7 nitrogen and oxygen atoms in total. The molecule has 0 unspecified atom stereocenters. The highest BCUT2D eigenvalue weighted by atomic mass is 32.2.